The van der Waals surface area contributed by atoms with Crippen LogP contribution in [0.3, 0.4) is 0 Å². The molecule has 6 nitrogen and oxygen atoms in total. The van der Waals surface area contributed by atoms with E-state index in [0.717, 1.165) is 17.2 Å². The summed E-state index contributed by atoms with van der Waals surface area (Å²) in [4.78, 5) is 16.7. The number of rotatable bonds is 11. The summed E-state index contributed by atoms with van der Waals surface area (Å²) in [5, 5.41) is 12.5. The predicted octanol–water partition coefficient (Wildman–Crippen LogP) is 4.44. The number of ether oxygens (including phenoxy) is 2. The van der Waals surface area contributed by atoms with Crippen molar-refractivity contribution in [1.82, 2.24) is 10.3 Å². The minimum Gasteiger partial charge on any atom is -0.493 e. The van der Waals surface area contributed by atoms with Crippen LogP contribution in [0, 0.1) is 5.92 Å². The van der Waals surface area contributed by atoms with Gasteiger partial charge in [0, 0.05) is 18.7 Å². The fraction of sp³-hybridized carbons (Fsp3) is 0.333. The van der Waals surface area contributed by atoms with E-state index in [4.69, 9.17) is 26.2 Å². The Hall–Kier alpha value is -2.35. The van der Waals surface area contributed by atoms with Gasteiger partial charge in [0.1, 0.15) is 11.5 Å². The lowest BCUT2D eigenvalue weighted by molar-refractivity contribution is -0.121. The molecule has 1 atom stereocenters. The van der Waals surface area contributed by atoms with Crippen molar-refractivity contribution in [2.45, 2.75) is 25.3 Å². The number of thiazole rings is 1. The van der Waals surface area contributed by atoms with E-state index >= 15 is 0 Å². The highest BCUT2D eigenvalue weighted by Crippen LogP contribution is 2.35. The second-order valence-corrected chi connectivity index (χ2v) is 8.07. The Kier molecular flexibility index (Phi) is 7.69. The molecule has 1 aromatic carbocycles. The second-order valence-electron chi connectivity index (χ2n) is 6.64. The van der Waals surface area contributed by atoms with Crippen LogP contribution in [-0.4, -0.2) is 35.3 Å². The standard InChI is InChI=1S/C21H23ClN2O4S/c1-2-15(24-20(26)9-10-25)5-7-17-12-23-21(29-17)28-19-8-6-16(11-18(19)22)27-13-14-3-4-14/h2,5-8,11-12,14-15,25H,1,3-4,9-10,13H2,(H,24,26)/b7-5+/t15-/m0/s1. The van der Waals surface area contributed by atoms with Gasteiger partial charge in [-0.3, -0.25) is 4.79 Å². The van der Waals surface area contributed by atoms with E-state index in [1.54, 1.807) is 30.5 Å². The Bertz CT molecular complexity index is 879. The molecular weight excluding hydrogens is 412 g/mol. The average molecular weight is 435 g/mol. The van der Waals surface area contributed by atoms with Crippen LogP contribution in [0.25, 0.3) is 6.08 Å². The molecule has 29 heavy (non-hydrogen) atoms. The molecule has 1 aromatic heterocycles. The molecule has 3 rings (SSSR count). The Morgan fingerprint density at radius 3 is 3.00 bits per heavy atom. The molecule has 2 aromatic rings. The molecule has 1 saturated carbocycles. The Balaban J connectivity index is 1.56. The summed E-state index contributed by atoms with van der Waals surface area (Å²) >= 11 is 7.65. The molecule has 0 saturated heterocycles. The molecule has 1 aliphatic carbocycles. The van der Waals surface area contributed by atoms with Gasteiger partial charge in [-0.15, -0.1) is 6.58 Å². The molecule has 0 spiro atoms. The number of aliphatic hydroxyl groups excluding tert-OH is 1. The molecule has 0 unspecified atom stereocenters. The summed E-state index contributed by atoms with van der Waals surface area (Å²) in [5.74, 6) is 1.68. The van der Waals surface area contributed by atoms with Gasteiger partial charge in [0.2, 0.25) is 5.91 Å². The highest BCUT2D eigenvalue weighted by Gasteiger charge is 2.22. The fourth-order valence-electron chi connectivity index (χ4n) is 2.38. The van der Waals surface area contributed by atoms with E-state index < -0.39 is 0 Å². The number of nitrogens with zero attached hydrogens (tertiary/aromatic N) is 1. The van der Waals surface area contributed by atoms with Crippen LogP contribution < -0.4 is 14.8 Å². The van der Waals surface area contributed by atoms with Crippen molar-refractivity contribution in [1.29, 1.82) is 0 Å². The first-order valence-corrected chi connectivity index (χ1v) is 10.5. The van der Waals surface area contributed by atoms with E-state index in [-0.39, 0.29) is 25.0 Å². The number of hydrogen-bond acceptors (Lipinski definition) is 6. The maximum Gasteiger partial charge on any atom is 0.279 e. The first-order valence-electron chi connectivity index (χ1n) is 9.34. The van der Waals surface area contributed by atoms with Gasteiger partial charge >= 0.3 is 0 Å². The summed E-state index contributed by atoms with van der Waals surface area (Å²) in [6.45, 7) is 4.24. The normalized spacial score (nSPS) is 14.6. The van der Waals surface area contributed by atoms with Crippen LogP contribution in [-0.2, 0) is 4.79 Å². The Morgan fingerprint density at radius 1 is 1.48 bits per heavy atom. The lowest BCUT2D eigenvalue weighted by Crippen LogP contribution is -2.32. The van der Waals surface area contributed by atoms with E-state index in [2.05, 4.69) is 16.9 Å². The van der Waals surface area contributed by atoms with Crippen LogP contribution in [0.15, 0.2) is 43.1 Å². The first kappa shape index (κ1) is 21.4. The maximum atomic E-state index is 11.6. The third kappa shape index (κ3) is 6.88. The first-order chi connectivity index (χ1) is 14.1. The van der Waals surface area contributed by atoms with Gasteiger partial charge < -0.3 is 19.9 Å². The van der Waals surface area contributed by atoms with Crippen molar-refractivity contribution in [3.63, 3.8) is 0 Å². The zero-order chi connectivity index (χ0) is 20.6. The number of benzene rings is 1. The number of aromatic nitrogens is 1. The summed E-state index contributed by atoms with van der Waals surface area (Å²) < 4.78 is 11.5. The van der Waals surface area contributed by atoms with E-state index in [0.29, 0.717) is 21.9 Å². The van der Waals surface area contributed by atoms with Crippen LogP contribution >= 0.6 is 22.9 Å². The zero-order valence-electron chi connectivity index (χ0n) is 15.8. The Labute approximate surface area is 178 Å². The third-order valence-electron chi connectivity index (χ3n) is 4.17. The van der Waals surface area contributed by atoms with Gasteiger partial charge in [-0.05, 0) is 37.0 Å². The van der Waals surface area contributed by atoms with Gasteiger partial charge in [-0.1, -0.05) is 35.1 Å². The number of carbonyl (C=O) groups excluding carboxylic acids is 1. The molecule has 2 N–H and O–H groups in total. The average Bonchev–Trinajstić information content (AvgIpc) is 3.43. The van der Waals surface area contributed by atoms with Crippen LogP contribution in [0.1, 0.15) is 24.1 Å². The van der Waals surface area contributed by atoms with Crippen LogP contribution in [0.5, 0.6) is 16.7 Å². The smallest absolute Gasteiger partial charge is 0.279 e. The number of aliphatic hydroxyl groups is 1. The molecule has 154 valence electrons. The minimum atomic E-state index is -0.335. The predicted molar refractivity (Wildman–Crippen MR) is 115 cm³/mol. The van der Waals surface area contributed by atoms with Gasteiger partial charge in [-0.25, -0.2) is 4.98 Å². The Morgan fingerprint density at radius 2 is 2.31 bits per heavy atom. The van der Waals surface area contributed by atoms with Crippen molar-refractivity contribution in [3.05, 3.63) is 53.0 Å². The van der Waals surface area contributed by atoms with E-state index in [1.165, 1.54) is 24.2 Å². The molecule has 0 bridgehead atoms. The number of amides is 1. The van der Waals surface area contributed by atoms with Crippen molar-refractivity contribution in [3.8, 4) is 16.7 Å². The molecule has 8 heteroatoms. The summed E-state index contributed by atoms with van der Waals surface area (Å²) in [6.07, 6.45) is 9.42. The van der Waals surface area contributed by atoms with E-state index in [9.17, 15) is 4.79 Å². The van der Waals surface area contributed by atoms with Crippen molar-refractivity contribution in [2.75, 3.05) is 13.2 Å². The molecule has 1 fully saturated rings. The SMILES string of the molecule is C=C[C@@H](/C=C/c1cnc(Oc2ccc(OCC3CC3)cc2Cl)s1)NC(=O)CCO. The molecule has 1 amide bonds. The maximum absolute atomic E-state index is 11.6. The fourth-order valence-corrected chi connectivity index (χ4v) is 3.28. The van der Waals surface area contributed by atoms with Crippen molar-refractivity contribution >= 4 is 34.9 Å². The highest BCUT2D eigenvalue weighted by atomic mass is 35.5. The third-order valence-corrected chi connectivity index (χ3v) is 5.31. The molecule has 0 radical (unpaired) electrons. The largest absolute Gasteiger partial charge is 0.493 e. The minimum absolute atomic E-state index is 0.0574. The molecular formula is C21H23ClN2O4S. The molecule has 1 heterocycles. The van der Waals surface area contributed by atoms with Crippen LogP contribution in [0.2, 0.25) is 5.02 Å². The van der Waals surface area contributed by atoms with Gasteiger partial charge in [0.25, 0.3) is 5.19 Å². The number of halogens is 1. The number of nitrogens with one attached hydrogen (secondary N) is 1. The summed E-state index contributed by atoms with van der Waals surface area (Å²) in [6, 6.07) is 5.02. The summed E-state index contributed by atoms with van der Waals surface area (Å²) in [7, 11) is 0. The summed E-state index contributed by atoms with van der Waals surface area (Å²) in [5.41, 5.74) is 0. The van der Waals surface area contributed by atoms with Crippen molar-refractivity contribution in [2.24, 2.45) is 5.92 Å². The lowest BCUT2D eigenvalue weighted by atomic mass is 10.2. The highest BCUT2D eigenvalue weighted by molar-refractivity contribution is 7.14. The van der Waals surface area contributed by atoms with Crippen molar-refractivity contribution < 1.29 is 19.4 Å². The van der Waals surface area contributed by atoms with Gasteiger partial charge in [-0.2, -0.15) is 0 Å². The quantitative estimate of drug-likeness (QED) is 0.511. The monoisotopic (exact) mass is 434 g/mol. The van der Waals surface area contributed by atoms with Gasteiger partial charge in [0.15, 0.2) is 0 Å². The topological polar surface area (TPSA) is 80.7 Å². The van der Waals surface area contributed by atoms with Gasteiger partial charge in [0.05, 0.1) is 29.2 Å². The second kappa shape index (κ2) is 10.4. The number of carbonyl (C=O) groups is 1. The lowest BCUT2D eigenvalue weighted by Gasteiger charge is -2.09. The molecule has 0 aliphatic heterocycles. The number of hydrogen-bond donors (Lipinski definition) is 2. The zero-order valence-corrected chi connectivity index (χ0v) is 17.4. The van der Waals surface area contributed by atoms with Crippen LogP contribution in [0.4, 0.5) is 0 Å². The molecule has 1 aliphatic rings. The van der Waals surface area contributed by atoms with E-state index in [1.807, 2.05) is 12.1 Å².